The third-order valence-electron chi connectivity index (χ3n) is 5.27. The Kier molecular flexibility index (Phi) is 7.00. The molecular weight excluding hydrogens is 436 g/mol. The second-order valence-corrected chi connectivity index (χ2v) is 7.95. The molecule has 0 atom stereocenters. The molecule has 0 saturated carbocycles. The summed E-state index contributed by atoms with van der Waals surface area (Å²) in [5.74, 6) is 0.341. The van der Waals surface area contributed by atoms with Crippen molar-refractivity contribution < 1.29 is 4.79 Å². The molecule has 4 rings (SSSR count). The first-order valence-electron chi connectivity index (χ1n) is 10.9. The Labute approximate surface area is 197 Å². The predicted molar refractivity (Wildman–Crippen MR) is 132 cm³/mol. The molecule has 1 N–H and O–H groups in total. The molecule has 1 amide bonds. The topological polar surface area (TPSA) is 74.9 Å². The van der Waals surface area contributed by atoms with E-state index in [1.54, 1.807) is 23.2 Å². The average Bonchev–Trinajstić information content (AvgIpc) is 3.19. The van der Waals surface area contributed by atoms with Crippen LogP contribution in [0.1, 0.15) is 25.0 Å². The molecule has 168 valence electrons. The molecule has 1 heterocycles. The Bertz CT molecular complexity index is 1260. The van der Waals surface area contributed by atoms with Crippen LogP contribution in [0.15, 0.2) is 83.1 Å². The van der Waals surface area contributed by atoms with E-state index in [1.165, 1.54) is 10.2 Å². The third kappa shape index (κ3) is 5.38. The molecule has 0 radical (unpaired) electrons. The molecule has 0 aliphatic heterocycles. The molecule has 0 aliphatic carbocycles. The van der Waals surface area contributed by atoms with Gasteiger partial charge in [-0.1, -0.05) is 59.3 Å². The van der Waals surface area contributed by atoms with Crippen LogP contribution >= 0.6 is 11.6 Å². The lowest BCUT2D eigenvalue weighted by molar-refractivity contribution is 0.252. The average molecular weight is 461 g/mol. The van der Waals surface area contributed by atoms with Crippen LogP contribution in [0, 0.1) is 0 Å². The number of fused-ring (bicyclic) bond motifs is 1. The third-order valence-corrected chi connectivity index (χ3v) is 5.50. The number of anilines is 1. The molecule has 0 bridgehead atoms. The molecule has 3 aromatic carbocycles. The molecule has 4 aromatic rings. The standard InChI is InChI=1S/C25H25ClN6O/c1-3-31(4-2)30-28-24-22-17-20(26)12-15-23(22)32(29-24)25(33)27-21-13-10-19(11-14-21)16-18-8-6-5-7-9-18/h5-15,17H,3-4,16H2,1-2H3,(H,27,33). The first-order chi connectivity index (χ1) is 16.1. The van der Waals surface area contributed by atoms with Gasteiger partial charge in [0.25, 0.3) is 0 Å². The second kappa shape index (κ2) is 10.3. The zero-order valence-corrected chi connectivity index (χ0v) is 19.3. The van der Waals surface area contributed by atoms with Gasteiger partial charge in [-0.25, -0.2) is 4.79 Å². The van der Waals surface area contributed by atoms with E-state index < -0.39 is 0 Å². The molecule has 0 fully saturated rings. The van der Waals surface area contributed by atoms with Crippen molar-refractivity contribution in [2.45, 2.75) is 20.3 Å². The van der Waals surface area contributed by atoms with Gasteiger partial charge >= 0.3 is 6.03 Å². The number of benzene rings is 3. The van der Waals surface area contributed by atoms with Crippen LogP contribution < -0.4 is 5.32 Å². The summed E-state index contributed by atoms with van der Waals surface area (Å²) in [4.78, 5) is 13.0. The number of aromatic nitrogens is 2. The van der Waals surface area contributed by atoms with E-state index in [2.05, 4.69) is 32.9 Å². The van der Waals surface area contributed by atoms with Gasteiger partial charge in [-0.2, -0.15) is 4.68 Å². The number of carbonyl (C=O) groups is 1. The Morgan fingerprint density at radius 2 is 1.70 bits per heavy atom. The van der Waals surface area contributed by atoms with E-state index in [9.17, 15) is 4.79 Å². The monoisotopic (exact) mass is 460 g/mol. The Morgan fingerprint density at radius 3 is 2.39 bits per heavy atom. The highest BCUT2D eigenvalue weighted by Gasteiger charge is 2.16. The summed E-state index contributed by atoms with van der Waals surface area (Å²) >= 11 is 6.18. The lowest BCUT2D eigenvalue weighted by Crippen LogP contribution is -2.20. The number of hydrogen-bond donors (Lipinski definition) is 1. The number of halogens is 1. The lowest BCUT2D eigenvalue weighted by Gasteiger charge is -2.10. The maximum atomic E-state index is 13.0. The van der Waals surface area contributed by atoms with Crippen molar-refractivity contribution in [1.29, 1.82) is 0 Å². The summed E-state index contributed by atoms with van der Waals surface area (Å²) in [5, 5.41) is 18.8. The molecule has 33 heavy (non-hydrogen) atoms. The van der Waals surface area contributed by atoms with Crippen LogP contribution in [0.3, 0.4) is 0 Å². The van der Waals surface area contributed by atoms with Crippen molar-refractivity contribution in [3.63, 3.8) is 0 Å². The zero-order chi connectivity index (χ0) is 23.2. The fraction of sp³-hybridized carbons (Fsp3) is 0.200. The van der Waals surface area contributed by atoms with E-state index in [1.807, 2.05) is 56.3 Å². The summed E-state index contributed by atoms with van der Waals surface area (Å²) in [6.07, 6.45) is 0.834. The maximum Gasteiger partial charge on any atom is 0.347 e. The first-order valence-corrected chi connectivity index (χ1v) is 11.2. The minimum absolute atomic E-state index is 0.341. The Morgan fingerprint density at radius 1 is 1.00 bits per heavy atom. The van der Waals surface area contributed by atoms with Gasteiger partial charge in [0.05, 0.1) is 10.9 Å². The fourth-order valence-corrected chi connectivity index (χ4v) is 3.64. The minimum Gasteiger partial charge on any atom is -0.306 e. The van der Waals surface area contributed by atoms with E-state index >= 15 is 0 Å². The fourth-order valence-electron chi connectivity index (χ4n) is 3.47. The van der Waals surface area contributed by atoms with Crippen molar-refractivity contribution in [1.82, 2.24) is 14.8 Å². The van der Waals surface area contributed by atoms with Gasteiger partial charge in [0.1, 0.15) is 0 Å². The number of rotatable bonds is 7. The Hall–Kier alpha value is -3.71. The second-order valence-electron chi connectivity index (χ2n) is 7.51. The molecule has 1 aromatic heterocycles. The molecule has 8 heteroatoms. The smallest absolute Gasteiger partial charge is 0.306 e. The molecule has 0 spiro atoms. The van der Waals surface area contributed by atoms with Crippen LogP contribution in [0.5, 0.6) is 0 Å². The van der Waals surface area contributed by atoms with Gasteiger partial charge in [-0.05, 0) is 61.7 Å². The first kappa shape index (κ1) is 22.5. The minimum atomic E-state index is -0.387. The van der Waals surface area contributed by atoms with E-state index in [0.29, 0.717) is 27.4 Å². The molecule has 7 nitrogen and oxygen atoms in total. The van der Waals surface area contributed by atoms with Gasteiger partial charge in [0.15, 0.2) is 0 Å². The largest absolute Gasteiger partial charge is 0.347 e. The van der Waals surface area contributed by atoms with Crippen LogP contribution in [0.4, 0.5) is 16.3 Å². The molecule has 0 unspecified atom stereocenters. The zero-order valence-electron chi connectivity index (χ0n) is 18.6. The van der Waals surface area contributed by atoms with Crippen molar-refractivity contribution in [2.75, 3.05) is 18.4 Å². The van der Waals surface area contributed by atoms with Crippen molar-refractivity contribution in [3.05, 3.63) is 88.9 Å². The van der Waals surface area contributed by atoms with Gasteiger partial charge in [-0.3, -0.25) is 5.01 Å². The summed E-state index contributed by atoms with van der Waals surface area (Å²) in [6.45, 7) is 5.43. The van der Waals surface area contributed by atoms with Crippen LogP contribution in [0.2, 0.25) is 5.02 Å². The highest BCUT2D eigenvalue weighted by Crippen LogP contribution is 2.29. The van der Waals surface area contributed by atoms with E-state index in [4.69, 9.17) is 11.6 Å². The van der Waals surface area contributed by atoms with Gasteiger partial charge in [0, 0.05) is 23.8 Å². The quantitative estimate of drug-likeness (QED) is 0.246. The normalized spacial score (nSPS) is 11.2. The van der Waals surface area contributed by atoms with Gasteiger partial charge in [0.2, 0.25) is 5.82 Å². The van der Waals surface area contributed by atoms with Gasteiger partial charge < -0.3 is 5.32 Å². The number of hydrogen-bond acceptors (Lipinski definition) is 4. The molecule has 0 aliphatic rings. The highest BCUT2D eigenvalue weighted by atomic mass is 35.5. The van der Waals surface area contributed by atoms with Crippen molar-refractivity contribution in [2.24, 2.45) is 10.3 Å². The summed E-state index contributed by atoms with van der Waals surface area (Å²) in [5.41, 5.74) is 3.69. The van der Waals surface area contributed by atoms with Gasteiger partial charge in [-0.15, -0.1) is 10.2 Å². The summed E-state index contributed by atoms with van der Waals surface area (Å²) < 4.78 is 1.29. The molecular formula is C25H25ClN6O. The van der Waals surface area contributed by atoms with E-state index in [0.717, 1.165) is 25.1 Å². The highest BCUT2D eigenvalue weighted by molar-refractivity contribution is 6.31. The van der Waals surface area contributed by atoms with Crippen LogP contribution in [-0.4, -0.2) is 33.9 Å². The van der Waals surface area contributed by atoms with Crippen LogP contribution in [-0.2, 0) is 6.42 Å². The summed E-state index contributed by atoms with van der Waals surface area (Å²) in [6, 6.07) is 22.9. The number of amides is 1. The Balaban J connectivity index is 1.55. The number of nitrogens with one attached hydrogen (secondary N) is 1. The number of nitrogens with zero attached hydrogens (tertiary/aromatic N) is 5. The molecule has 0 saturated heterocycles. The predicted octanol–water partition coefficient (Wildman–Crippen LogP) is 6.70. The maximum absolute atomic E-state index is 13.0. The van der Waals surface area contributed by atoms with Crippen molar-refractivity contribution in [3.8, 4) is 0 Å². The number of carbonyl (C=O) groups excluding carboxylic acids is 1. The lowest BCUT2D eigenvalue weighted by atomic mass is 10.0. The van der Waals surface area contributed by atoms with Crippen LogP contribution in [0.25, 0.3) is 10.9 Å². The summed E-state index contributed by atoms with van der Waals surface area (Å²) in [7, 11) is 0. The van der Waals surface area contributed by atoms with Crippen molar-refractivity contribution >= 4 is 40.0 Å². The SMILES string of the molecule is CCN(CC)N=Nc1nn(C(=O)Nc2ccc(Cc3ccccc3)cc2)c2ccc(Cl)cc12. The van der Waals surface area contributed by atoms with E-state index in [-0.39, 0.29) is 6.03 Å².